The molecule has 6 aliphatic rings. The molecule has 7 aromatic rings. The van der Waals surface area contributed by atoms with Crippen LogP contribution in [0.25, 0.3) is 0 Å². The molecule has 6 aliphatic heterocycles. The number of carbonyl (C=O) groups excluding carboxylic acids is 4. The number of fused-ring (bicyclic) bond motifs is 10. The Morgan fingerprint density at radius 3 is 1.41 bits per heavy atom. The van der Waals surface area contributed by atoms with Crippen molar-refractivity contribution < 1.29 is 45.9 Å². The van der Waals surface area contributed by atoms with Crippen molar-refractivity contribution >= 4 is 55.1 Å². The van der Waals surface area contributed by atoms with Gasteiger partial charge in [0.15, 0.2) is 0 Å². The summed E-state index contributed by atoms with van der Waals surface area (Å²) < 4.78 is 66.0. The van der Waals surface area contributed by atoms with E-state index in [9.17, 15) is 41.1 Å². The maximum atomic E-state index is 14.5. The van der Waals surface area contributed by atoms with Crippen LogP contribution in [0.5, 0.6) is 0 Å². The molecule has 4 amide bonds. The van der Waals surface area contributed by atoms with Crippen LogP contribution >= 0.6 is 0 Å². The third-order valence-corrected chi connectivity index (χ3v) is 21.0. The molecule has 16 nitrogen and oxygen atoms in total. The van der Waals surface area contributed by atoms with Gasteiger partial charge in [-0.25, -0.2) is 25.4 Å². The summed E-state index contributed by atoms with van der Waals surface area (Å²) in [6, 6.07) is 55.3. The molecule has 0 unspecified atom stereocenters. The maximum absolute atomic E-state index is 14.5. The molecule has 7 aromatic carbocycles. The first kappa shape index (κ1) is 56.9. The van der Waals surface area contributed by atoms with Crippen LogP contribution in [-0.2, 0) is 61.4 Å². The number of aliphatic hydroxyl groups is 1. The minimum absolute atomic E-state index is 0.0211. The van der Waals surface area contributed by atoms with E-state index in [0.717, 1.165) is 38.9 Å². The van der Waals surface area contributed by atoms with Crippen molar-refractivity contribution in [3.05, 3.63) is 227 Å². The number of para-hydroxylation sites is 2. The first-order valence-electron chi connectivity index (χ1n) is 28.5. The Bertz CT molecular complexity index is 4000. The number of amides is 4. The van der Waals surface area contributed by atoms with Crippen LogP contribution in [0, 0.1) is 25.7 Å². The quantitative estimate of drug-likeness (QED) is 0.0844. The van der Waals surface area contributed by atoms with Gasteiger partial charge in [0.25, 0.3) is 20.0 Å². The van der Waals surface area contributed by atoms with E-state index in [1.54, 1.807) is 89.8 Å². The number of benzene rings is 7. The zero-order valence-electron chi connectivity index (χ0n) is 47.1. The van der Waals surface area contributed by atoms with Gasteiger partial charge >= 0.3 is 0 Å². The lowest BCUT2D eigenvalue weighted by atomic mass is 9.72. The van der Waals surface area contributed by atoms with E-state index in [-0.39, 0.29) is 79.1 Å². The molecule has 0 spiro atoms. The number of aryl methyl sites for hydroxylation is 2. The van der Waals surface area contributed by atoms with E-state index in [4.69, 9.17) is 4.74 Å². The summed E-state index contributed by atoms with van der Waals surface area (Å²) in [6.45, 7) is 4.78. The van der Waals surface area contributed by atoms with Crippen LogP contribution in [0.3, 0.4) is 0 Å². The highest BCUT2D eigenvalue weighted by Gasteiger charge is 2.69. The fraction of sp³-hybridized carbons (Fsp3) is 0.284. The highest BCUT2D eigenvalue weighted by Crippen LogP contribution is 2.61. The summed E-state index contributed by atoms with van der Waals surface area (Å²) in [6.07, 6.45) is -0.236. The van der Waals surface area contributed by atoms with Crippen LogP contribution in [0.1, 0.15) is 64.6 Å². The first-order valence-corrected chi connectivity index (χ1v) is 31.4. The Morgan fingerprint density at radius 1 is 0.518 bits per heavy atom. The highest BCUT2D eigenvalue weighted by molar-refractivity contribution is 7.93. The lowest BCUT2D eigenvalue weighted by Gasteiger charge is -2.42. The Labute approximate surface area is 496 Å². The summed E-state index contributed by atoms with van der Waals surface area (Å²) in [5.74, 6) is 4.94. The summed E-state index contributed by atoms with van der Waals surface area (Å²) in [5, 5.41) is 9.20. The van der Waals surface area contributed by atoms with E-state index in [1.165, 1.54) is 23.3 Å². The van der Waals surface area contributed by atoms with Crippen molar-refractivity contribution in [1.29, 1.82) is 0 Å². The number of hydrogen-bond acceptors (Lipinski definition) is 10. The van der Waals surface area contributed by atoms with E-state index in [1.807, 2.05) is 117 Å². The molecule has 6 atom stereocenters. The molecule has 18 heteroatoms. The van der Waals surface area contributed by atoms with Gasteiger partial charge in [0.1, 0.15) is 37.6 Å². The normalized spacial score (nSPS) is 22.9. The van der Waals surface area contributed by atoms with Crippen molar-refractivity contribution in [3.63, 3.8) is 0 Å². The van der Waals surface area contributed by atoms with E-state index in [0.29, 0.717) is 37.4 Å². The predicted molar refractivity (Wildman–Crippen MR) is 320 cm³/mol. The summed E-state index contributed by atoms with van der Waals surface area (Å²) in [4.78, 5) is 62.3. The molecule has 13 rings (SSSR count). The van der Waals surface area contributed by atoms with Crippen molar-refractivity contribution in [2.45, 2.75) is 91.2 Å². The Hall–Kier alpha value is -8.60. The molecule has 434 valence electrons. The van der Waals surface area contributed by atoms with Crippen LogP contribution in [0.2, 0.25) is 0 Å². The van der Waals surface area contributed by atoms with Gasteiger partial charge < -0.3 is 29.4 Å². The zero-order chi connectivity index (χ0) is 59.3. The second-order valence-electron chi connectivity index (χ2n) is 22.4. The molecule has 85 heavy (non-hydrogen) atoms. The second kappa shape index (κ2) is 22.8. The molecule has 1 N–H and O–H groups in total. The minimum Gasteiger partial charge on any atom is -0.396 e. The van der Waals surface area contributed by atoms with E-state index in [2.05, 4.69) is 11.8 Å². The van der Waals surface area contributed by atoms with Gasteiger partial charge in [0.2, 0.25) is 23.6 Å². The third kappa shape index (κ3) is 9.63. The molecular weight excluding hydrogens is 1110 g/mol. The monoisotopic (exact) mass is 1180 g/mol. The number of sulfonamides is 2. The Kier molecular flexibility index (Phi) is 15.2. The van der Waals surface area contributed by atoms with Gasteiger partial charge in [0, 0.05) is 13.2 Å². The number of carbonyl (C=O) groups is 4. The van der Waals surface area contributed by atoms with Gasteiger partial charge in [-0.05, 0) is 104 Å². The number of aliphatic hydroxyl groups excluding tert-OH is 1. The molecule has 0 saturated carbocycles. The Balaban J connectivity index is 0.000000169. The van der Waals surface area contributed by atoms with Crippen molar-refractivity contribution in [1.82, 2.24) is 19.6 Å². The molecule has 0 aliphatic carbocycles. The molecule has 4 saturated heterocycles. The molecule has 4 fully saturated rings. The number of unbranched alkanes of at least 4 members (excludes halogenated alkanes) is 1. The number of rotatable bonds is 14. The van der Waals surface area contributed by atoms with Crippen molar-refractivity contribution in [2.24, 2.45) is 0 Å². The highest BCUT2D eigenvalue weighted by atomic mass is 32.2. The smallest absolute Gasteiger partial charge is 0.266 e. The van der Waals surface area contributed by atoms with E-state index < -0.39 is 55.3 Å². The van der Waals surface area contributed by atoms with Crippen LogP contribution in [-0.4, -0.2) is 129 Å². The van der Waals surface area contributed by atoms with Gasteiger partial charge in [-0.2, -0.15) is 0 Å². The van der Waals surface area contributed by atoms with Gasteiger partial charge in [-0.3, -0.25) is 19.2 Å². The third-order valence-electron chi connectivity index (χ3n) is 17.5. The minimum atomic E-state index is -4.13. The number of anilines is 2. The zero-order valence-corrected chi connectivity index (χ0v) is 48.7. The topological polar surface area (TPSA) is 185 Å². The number of nitrogens with zero attached hydrogens (tertiary/aromatic N) is 6. The standard InChI is InChI=1S/C37H33N3O5S.C30H31N3O5S/c1-27-18-20-29(21-19-27)37-24-33-35(42)38(22-10-11-23-45-26-28-12-4-2-5-13-28)25-34(41)39(33)36(37)40(32-17-9-8-16-31(32)37)46(43,44)30-14-6-3-7-15-30;1-21-13-15-22(16-14-21)30-19-26-28(36)31(17-7-8-18-34)20-27(35)32(26)29(30)33(25-12-6-5-11-24(25)30)39(37,38)23-9-3-2-4-10-23/h2-9,12-21,33,36H,22-26H2,1H3;2-6,9-16,26,29,34H,7-8,17-20H2,1H3/t33-,36-,37-;26-,29-,30-/m00/s1. The first-order chi connectivity index (χ1) is 41.1. The van der Waals surface area contributed by atoms with Crippen LogP contribution in [0.15, 0.2) is 198 Å². The van der Waals surface area contributed by atoms with Crippen LogP contribution in [0.4, 0.5) is 11.4 Å². The number of ether oxygens (including phenoxy) is 1. The number of piperazine rings is 2. The predicted octanol–water partition coefficient (Wildman–Crippen LogP) is 7.51. The summed E-state index contributed by atoms with van der Waals surface area (Å²) in [7, 11) is -8.23. The SMILES string of the molecule is Cc1ccc([C@]23C[C@H]4C(=O)N(CC#CCOCc5ccccc5)CC(=O)N4[C@H]2N(S(=O)(=O)c2ccccc2)c2ccccc23)cc1.Cc1ccc([C@]23C[C@H]4C(=O)N(CCCCO)CC(=O)N4[C@H]2N(S(=O)(=O)c2ccccc2)c2ccccc23)cc1. The number of hydrogen-bond donors (Lipinski definition) is 1. The fourth-order valence-corrected chi connectivity index (χ4v) is 17.0. The summed E-state index contributed by atoms with van der Waals surface area (Å²) >= 11 is 0. The molecule has 0 aromatic heterocycles. The van der Waals surface area contributed by atoms with Crippen LogP contribution < -0.4 is 8.61 Å². The van der Waals surface area contributed by atoms with Gasteiger partial charge in [-0.15, -0.1) is 0 Å². The molecule has 0 bridgehead atoms. The molecule has 6 heterocycles. The van der Waals surface area contributed by atoms with Crippen molar-refractivity contribution in [3.8, 4) is 11.8 Å². The average molecular weight is 1180 g/mol. The maximum Gasteiger partial charge on any atom is 0.266 e. The van der Waals surface area contributed by atoms with Gasteiger partial charge in [0.05, 0.1) is 51.7 Å². The average Bonchev–Trinajstić information content (AvgIpc) is 1.55. The molecular formula is C67H64N6O10S2. The van der Waals surface area contributed by atoms with E-state index >= 15 is 0 Å². The lowest BCUT2D eigenvalue weighted by molar-refractivity contribution is -0.155. The lowest BCUT2D eigenvalue weighted by Crippen LogP contribution is -2.63. The second-order valence-corrected chi connectivity index (χ2v) is 26.1. The molecule has 0 radical (unpaired) electrons. The largest absolute Gasteiger partial charge is 0.396 e. The van der Waals surface area contributed by atoms with Crippen molar-refractivity contribution in [2.75, 3.05) is 48.0 Å². The fourth-order valence-electron chi connectivity index (χ4n) is 13.6. The van der Waals surface area contributed by atoms with Gasteiger partial charge in [-0.1, -0.05) is 175 Å². The Morgan fingerprint density at radius 2 is 0.941 bits per heavy atom. The summed E-state index contributed by atoms with van der Waals surface area (Å²) in [5.41, 5.74) is 5.60.